The second-order valence-corrected chi connectivity index (χ2v) is 3.55. The molecule has 0 radical (unpaired) electrons. The molecule has 0 bridgehead atoms. The Kier molecular flexibility index (Phi) is 2.44. The lowest BCUT2D eigenvalue weighted by Crippen LogP contribution is -2.22. The molecule has 0 aliphatic heterocycles. The minimum absolute atomic E-state index is 0.191. The number of rotatable bonds is 1. The fourth-order valence-corrected chi connectivity index (χ4v) is 1.52. The summed E-state index contributed by atoms with van der Waals surface area (Å²) in [4.78, 5) is 15.6. The van der Waals surface area contributed by atoms with Crippen LogP contribution in [0.4, 0.5) is 5.69 Å². The lowest BCUT2D eigenvalue weighted by Gasteiger charge is -2.06. The highest BCUT2D eigenvalue weighted by atomic mass is 16.1. The first kappa shape index (κ1) is 10.4. The molecule has 0 aliphatic rings. The van der Waals surface area contributed by atoms with Crippen LogP contribution in [0.2, 0.25) is 0 Å². The van der Waals surface area contributed by atoms with Crippen LogP contribution in [-0.4, -0.2) is 14.8 Å². The molecule has 82 valence electrons. The summed E-state index contributed by atoms with van der Waals surface area (Å²) in [5.41, 5.74) is 7.91. The molecule has 0 unspecified atom stereocenters. The third-order valence-corrected chi connectivity index (χ3v) is 2.37. The van der Waals surface area contributed by atoms with Gasteiger partial charge in [-0.2, -0.15) is 5.10 Å². The zero-order valence-electron chi connectivity index (χ0n) is 9.14. The number of pyridine rings is 1. The quantitative estimate of drug-likeness (QED) is 0.762. The van der Waals surface area contributed by atoms with E-state index in [2.05, 4.69) is 10.1 Å². The van der Waals surface area contributed by atoms with Gasteiger partial charge in [-0.15, -0.1) is 0 Å². The molecular formula is C11H12N4O. The normalized spacial score (nSPS) is 10.4. The molecule has 2 heterocycles. The summed E-state index contributed by atoms with van der Waals surface area (Å²) in [6.45, 7) is 1.89. The Hall–Kier alpha value is -2.17. The molecule has 2 N–H and O–H groups in total. The molecule has 5 heteroatoms. The van der Waals surface area contributed by atoms with Gasteiger partial charge in [0.2, 0.25) is 0 Å². The smallest absolute Gasteiger partial charge is 0.289 e. The second kappa shape index (κ2) is 3.77. The van der Waals surface area contributed by atoms with Crippen LogP contribution in [0.3, 0.4) is 0 Å². The van der Waals surface area contributed by atoms with Gasteiger partial charge in [0.15, 0.2) is 0 Å². The van der Waals surface area contributed by atoms with Crippen molar-refractivity contribution in [1.29, 1.82) is 0 Å². The molecule has 5 nitrogen and oxygen atoms in total. The van der Waals surface area contributed by atoms with E-state index in [-0.39, 0.29) is 11.2 Å². The van der Waals surface area contributed by atoms with E-state index in [0.717, 1.165) is 11.3 Å². The Bertz CT molecular complexity index is 563. The van der Waals surface area contributed by atoms with Gasteiger partial charge < -0.3 is 5.73 Å². The number of nitrogen functional groups attached to an aromatic ring is 1. The Morgan fingerprint density at radius 1 is 1.44 bits per heavy atom. The lowest BCUT2D eigenvalue weighted by molar-refractivity contribution is 0.714. The first-order chi connectivity index (χ1) is 7.59. The highest BCUT2D eigenvalue weighted by Gasteiger charge is 2.07. The molecule has 0 spiro atoms. The van der Waals surface area contributed by atoms with E-state index in [1.807, 2.05) is 19.1 Å². The van der Waals surface area contributed by atoms with Crippen LogP contribution in [0.5, 0.6) is 0 Å². The van der Waals surface area contributed by atoms with Crippen molar-refractivity contribution < 1.29 is 0 Å². The monoisotopic (exact) mass is 216 g/mol. The molecular weight excluding hydrogens is 204 g/mol. The van der Waals surface area contributed by atoms with Crippen molar-refractivity contribution in [2.24, 2.45) is 7.05 Å². The van der Waals surface area contributed by atoms with Crippen LogP contribution in [0, 0.1) is 6.92 Å². The predicted octanol–water partition coefficient (Wildman–Crippen LogP) is 0.733. The van der Waals surface area contributed by atoms with Gasteiger partial charge in [-0.3, -0.25) is 9.78 Å². The molecule has 0 amide bonds. The fraction of sp³-hybridized carbons (Fsp3) is 0.182. The molecule has 0 fully saturated rings. The van der Waals surface area contributed by atoms with Crippen LogP contribution in [0.25, 0.3) is 11.3 Å². The Labute approximate surface area is 92.6 Å². The predicted molar refractivity (Wildman–Crippen MR) is 61.9 cm³/mol. The highest BCUT2D eigenvalue weighted by Crippen LogP contribution is 2.19. The zero-order valence-corrected chi connectivity index (χ0v) is 9.14. The molecule has 0 saturated heterocycles. The third-order valence-electron chi connectivity index (χ3n) is 2.37. The first-order valence-corrected chi connectivity index (χ1v) is 4.85. The number of aromatic nitrogens is 3. The summed E-state index contributed by atoms with van der Waals surface area (Å²) in [5.74, 6) is 0. The van der Waals surface area contributed by atoms with E-state index in [1.54, 1.807) is 19.3 Å². The van der Waals surface area contributed by atoms with E-state index in [1.165, 1.54) is 4.68 Å². The van der Waals surface area contributed by atoms with Gasteiger partial charge in [0, 0.05) is 24.5 Å². The summed E-state index contributed by atoms with van der Waals surface area (Å²) in [6, 6.07) is 5.30. The van der Waals surface area contributed by atoms with Crippen molar-refractivity contribution in [3.8, 4) is 11.3 Å². The number of anilines is 1. The summed E-state index contributed by atoms with van der Waals surface area (Å²) >= 11 is 0. The topological polar surface area (TPSA) is 73.8 Å². The number of nitrogens with two attached hydrogens (primary N) is 1. The molecule has 2 aromatic rings. The molecule has 0 aliphatic carbocycles. The van der Waals surface area contributed by atoms with Crippen molar-refractivity contribution in [3.05, 3.63) is 40.4 Å². The Morgan fingerprint density at radius 3 is 2.81 bits per heavy atom. The maximum atomic E-state index is 11.4. The van der Waals surface area contributed by atoms with Crippen molar-refractivity contribution in [1.82, 2.24) is 14.8 Å². The minimum atomic E-state index is -0.287. The first-order valence-electron chi connectivity index (χ1n) is 4.85. The molecule has 2 rings (SSSR count). The number of nitrogens with zero attached hydrogens (tertiary/aromatic N) is 3. The van der Waals surface area contributed by atoms with E-state index in [9.17, 15) is 4.79 Å². The summed E-state index contributed by atoms with van der Waals surface area (Å²) in [6.07, 6.45) is 1.71. The van der Waals surface area contributed by atoms with Crippen molar-refractivity contribution in [2.75, 3.05) is 5.73 Å². The summed E-state index contributed by atoms with van der Waals surface area (Å²) < 4.78 is 1.23. The van der Waals surface area contributed by atoms with Gasteiger partial charge in [0.05, 0.1) is 5.69 Å². The van der Waals surface area contributed by atoms with E-state index in [0.29, 0.717) is 5.69 Å². The van der Waals surface area contributed by atoms with Crippen LogP contribution in [-0.2, 0) is 7.05 Å². The van der Waals surface area contributed by atoms with Crippen LogP contribution in [0.1, 0.15) is 5.69 Å². The molecule has 16 heavy (non-hydrogen) atoms. The average molecular weight is 216 g/mol. The van der Waals surface area contributed by atoms with E-state index < -0.39 is 0 Å². The van der Waals surface area contributed by atoms with Crippen LogP contribution >= 0.6 is 0 Å². The molecule has 0 atom stereocenters. The highest BCUT2D eigenvalue weighted by molar-refractivity contribution is 5.64. The minimum Gasteiger partial charge on any atom is -0.394 e. The van der Waals surface area contributed by atoms with Gasteiger partial charge in [0.25, 0.3) is 5.56 Å². The molecule has 2 aromatic heterocycles. The number of hydrogen-bond donors (Lipinski definition) is 1. The molecule has 0 aromatic carbocycles. The van der Waals surface area contributed by atoms with E-state index >= 15 is 0 Å². The Balaban J connectivity index is 2.67. The number of aryl methyl sites for hydroxylation is 2. The Morgan fingerprint density at radius 2 is 2.19 bits per heavy atom. The summed E-state index contributed by atoms with van der Waals surface area (Å²) in [7, 11) is 1.58. The maximum absolute atomic E-state index is 11.4. The van der Waals surface area contributed by atoms with Gasteiger partial charge in [-0.1, -0.05) is 0 Å². The van der Waals surface area contributed by atoms with Gasteiger partial charge in [-0.05, 0) is 25.1 Å². The molecule has 0 saturated carbocycles. The van der Waals surface area contributed by atoms with Gasteiger partial charge in [0.1, 0.15) is 5.69 Å². The fourth-order valence-electron chi connectivity index (χ4n) is 1.52. The SMILES string of the molecule is Cc1ncccc1-c1cc(N)c(=O)n(C)n1. The van der Waals surface area contributed by atoms with Crippen molar-refractivity contribution >= 4 is 5.69 Å². The van der Waals surface area contributed by atoms with Gasteiger partial charge >= 0.3 is 0 Å². The average Bonchev–Trinajstić information content (AvgIpc) is 2.26. The van der Waals surface area contributed by atoms with Crippen molar-refractivity contribution in [3.63, 3.8) is 0 Å². The summed E-state index contributed by atoms with van der Waals surface area (Å²) in [5, 5.41) is 4.15. The standard InChI is InChI=1S/C11H12N4O/c1-7-8(4-3-5-13-7)10-6-9(12)11(16)15(2)14-10/h3-6H,12H2,1-2H3. The largest absolute Gasteiger partial charge is 0.394 e. The van der Waals surface area contributed by atoms with Crippen molar-refractivity contribution in [2.45, 2.75) is 6.92 Å². The van der Waals surface area contributed by atoms with Gasteiger partial charge in [-0.25, -0.2) is 4.68 Å². The maximum Gasteiger partial charge on any atom is 0.289 e. The van der Waals surface area contributed by atoms with E-state index in [4.69, 9.17) is 5.73 Å². The van der Waals surface area contributed by atoms with Crippen LogP contribution < -0.4 is 11.3 Å². The lowest BCUT2D eigenvalue weighted by atomic mass is 10.1. The van der Waals surface area contributed by atoms with Crippen LogP contribution in [0.15, 0.2) is 29.2 Å². The second-order valence-electron chi connectivity index (χ2n) is 3.55. The zero-order chi connectivity index (χ0) is 11.7. The third kappa shape index (κ3) is 1.67. The number of hydrogen-bond acceptors (Lipinski definition) is 4.